The van der Waals surface area contributed by atoms with Crippen LogP contribution in [-0.4, -0.2) is 40.8 Å². The van der Waals surface area contributed by atoms with E-state index < -0.39 is 5.92 Å². The molecule has 0 radical (unpaired) electrons. The number of benzene rings is 2. The predicted octanol–water partition coefficient (Wildman–Crippen LogP) is 5.26. The number of nitrogens with one attached hydrogen (secondary N) is 1. The third-order valence-electron chi connectivity index (χ3n) is 6.21. The van der Waals surface area contributed by atoms with Gasteiger partial charge in [-0.25, -0.2) is 0 Å². The van der Waals surface area contributed by atoms with Crippen molar-refractivity contribution in [1.29, 1.82) is 0 Å². The number of hydrogen-bond donors (Lipinski definition) is 1. The van der Waals surface area contributed by atoms with Crippen molar-refractivity contribution < 1.29 is 9.59 Å². The predicted molar refractivity (Wildman–Crippen MR) is 135 cm³/mol. The average molecular weight is 496 g/mol. The molecule has 0 spiro atoms. The molecule has 1 aliphatic heterocycles. The zero-order chi connectivity index (χ0) is 23.9. The summed E-state index contributed by atoms with van der Waals surface area (Å²) in [5.41, 5.74) is 2.80. The second-order valence-electron chi connectivity index (χ2n) is 8.56. The minimum Gasteiger partial charge on any atom is -0.352 e. The highest BCUT2D eigenvalue weighted by molar-refractivity contribution is 6.30. The monoisotopic (exact) mass is 495 g/mol. The summed E-state index contributed by atoms with van der Waals surface area (Å²) >= 11 is 12.1. The third kappa shape index (κ3) is 6.37. The van der Waals surface area contributed by atoms with Gasteiger partial charge in [-0.2, -0.15) is 0 Å². The summed E-state index contributed by atoms with van der Waals surface area (Å²) in [5.74, 6) is -0.381. The molecule has 7 heteroatoms. The lowest BCUT2D eigenvalue weighted by Gasteiger charge is -2.33. The number of rotatable bonds is 7. The lowest BCUT2D eigenvalue weighted by molar-refractivity contribution is -0.132. The highest BCUT2D eigenvalue weighted by atomic mass is 35.5. The summed E-state index contributed by atoms with van der Waals surface area (Å²) in [6, 6.07) is 18.6. The van der Waals surface area contributed by atoms with Crippen LogP contribution in [-0.2, 0) is 16.0 Å². The van der Waals surface area contributed by atoms with Gasteiger partial charge in [0, 0.05) is 48.0 Å². The van der Waals surface area contributed by atoms with Crippen molar-refractivity contribution >= 4 is 35.0 Å². The van der Waals surface area contributed by atoms with Gasteiger partial charge in [-0.05, 0) is 66.3 Å². The molecule has 0 bridgehead atoms. The normalized spacial score (nSPS) is 14.3. The molecule has 2 heterocycles. The summed E-state index contributed by atoms with van der Waals surface area (Å²) in [6.45, 7) is 1.28. The molecule has 1 aromatic heterocycles. The summed E-state index contributed by atoms with van der Waals surface area (Å²) in [5, 5.41) is 4.46. The van der Waals surface area contributed by atoms with Crippen LogP contribution in [0.5, 0.6) is 0 Å². The molecule has 34 heavy (non-hydrogen) atoms. The van der Waals surface area contributed by atoms with E-state index in [-0.39, 0.29) is 17.9 Å². The summed E-state index contributed by atoms with van der Waals surface area (Å²) in [6.07, 6.45) is 6.16. The first-order valence-corrected chi connectivity index (χ1v) is 12.2. The Kier molecular flexibility index (Phi) is 8.20. The molecular formula is C27H27Cl2N3O2. The summed E-state index contributed by atoms with van der Waals surface area (Å²) in [4.78, 5) is 32.0. The lowest BCUT2D eigenvalue weighted by Crippen LogP contribution is -2.47. The van der Waals surface area contributed by atoms with Gasteiger partial charge in [0.1, 0.15) is 0 Å². The molecule has 2 amide bonds. The minimum atomic E-state index is -0.464. The fourth-order valence-corrected chi connectivity index (χ4v) is 4.57. The number of pyridine rings is 1. The molecule has 1 saturated heterocycles. The number of hydrogen-bond acceptors (Lipinski definition) is 3. The number of likely N-dealkylation sites (tertiary alicyclic amines) is 1. The fourth-order valence-electron chi connectivity index (χ4n) is 4.32. The number of aryl methyl sites for hydroxylation is 1. The van der Waals surface area contributed by atoms with Gasteiger partial charge in [-0.15, -0.1) is 0 Å². The van der Waals surface area contributed by atoms with E-state index in [9.17, 15) is 9.59 Å². The Labute approximate surface area is 210 Å². The first-order valence-electron chi connectivity index (χ1n) is 11.5. The second-order valence-corrected chi connectivity index (χ2v) is 9.43. The Bertz CT molecular complexity index is 1050. The Morgan fingerprint density at radius 3 is 2.06 bits per heavy atom. The van der Waals surface area contributed by atoms with Crippen molar-refractivity contribution in [2.24, 2.45) is 0 Å². The number of halogens is 2. The molecule has 4 rings (SSSR count). The van der Waals surface area contributed by atoms with Crippen molar-refractivity contribution in [3.63, 3.8) is 0 Å². The van der Waals surface area contributed by atoms with Crippen molar-refractivity contribution in [2.75, 3.05) is 13.1 Å². The van der Waals surface area contributed by atoms with Gasteiger partial charge in [0.2, 0.25) is 11.8 Å². The van der Waals surface area contributed by atoms with Crippen LogP contribution in [0.4, 0.5) is 0 Å². The quantitative estimate of drug-likeness (QED) is 0.486. The van der Waals surface area contributed by atoms with Crippen LogP contribution < -0.4 is 5.32 Å². The van der Waals surface area contributed by atoms with Crippen LogP contribution >= 0.6 is 23.2 Å². The number of nitrogens with zero attached hydrogens (tertiary/aromatic N) is 2. The number of carbonyl (C=O) groups excluding carboxylic acids is 2. The van der Waals surface area contributed by atoms with E-state index >= 15 is 0 Å². The van der Waals surface area contributed by atoms with Gasteiger partial charge in [0.15, 0.2) is 0 Å². The molecule has 1 N–H and O–H groups in total. The van der Waals surface area contributed by atoms with Crippen LogP contribution in [0.15, 0.2) is 73.1 Å². The van der Waals surface area contributed by atoms with E-state index in [1.807, 2.05) is 41.3 Å². The van der Waals surface area contributed by atoms with Crippen LogP contribution in [0.1, 0.15) is 41.9 Å². The smallest absolute Gasteiger partial charge is 0.232 e. The van der Waals surface area contributed by atoms with E-state index in [1.54, 1.807) is 36.7 Å². The zero-order valence-electron chi connectivity index (χ0n) is 18.8. The first-order chi connectivity index (χ1) is 16.5. The molecule has 3 aromatic rings. The molecule has 0 unspecified atom stereocenters. The van der Waals surface area contributed by atoms with Gasteiger partial charge >= 0.3 is 0 Å². The highest BCUT2D eigenvalue weighted by Gasteiger charge is 2.28. The molecule has 1 aliphatic rings. The Morgan fingerprint density at radius 2 is 1.53 bits per heavy atom. The molecule has 0 aliphatic carbocycles. The maximum atomic E-state index is 13.4. The summed E-state index contributed by atoms with van der Waals surface area (Å²) < 4.78 is 0. The minimum absolute atomic E-state index is 0.0250. The Hall–Kier alpha value is -2.89. The van der Waals surface area contributed by atoms with Crippen molar-refractivity contribution in [1.82, 2.24) is 15.2 Å². The second kappa shape index (κ2) is 11.5. The van der Waals surface area contributed by atoms with Gasteiger partial charge in [0.25, 0.3) is 0 Å². The Morgan fingerprint density at radius 1 is 0.941 bits per heavy atom. The number of carbonyl (C=O) groups is 2. The number of piperidine rings is 1. The summed E-state index contributed by atoms with van der Waals surface area (Å²) in [7, 11) is 0. The van der Waals surface area contributed by atoms with Crippen LogP contribution in [0.2, 0.25) is 10.0 Å². The van der Waals surface area contributed by atoms with Crippen LogP contribution in [0, 0.1) is 0 Å². The van der Waals surface area contributed by atoms with Gasteiger partial charge in [-0.3, -0.25) is 14.6 Å². The molecule has 176 valence electrons. The lowest BCUT2D eigenvalue weighted by atomic mass is 9.90. The molecular weight excluding hydrogens is 469 g/mol. The van der Waals surface area contributed by atoms with Crippen molar-refractivity contribution in [3.8, 4) is 0 Å². The fraction of sp³-hybridized carbons (Fsp3) is 0.296. The van der Waals surface area contributed by atoms with Crippen molar-refractivity contribution in [3.05, 3.63) is 99.8 Å². The molecule has 0 atom stereocenters. The van der Waals surface area contributed by atoms with E-state index in [0.29, 0.717) is 36.0 Å². The largest absolute Gasteiger partial charge is 0.352 e. The molecule has 2 aromatic carbocycles. The van der Waals surface area contributed by atoms with E-state index in [1.165, 1.54) is 0 Å². The van der Waals surface area contributed by atoms with Gasteiger partial charge in [-0.1, -0.05) is 53.5 Å². The van der Waals surface area contributed by atoms with E-state index in [2.05, 4.69) is 10.3 Å². The zero-order valence-corrected chi connectivity index (χ0v) is 20.3. The SMILES string of the molecule is O=C(NC1CCN(C(=O)CCc2cccnc2)CC1)C(c1ccc(Cl)cc1)c1ccc(Cl)cc1. The van der Waals surface area contributed by atoms with Crippen LogP contribution in [0.3, 0.4) is 0 Å². The Balaban J connectivity index is 1.35. The van der Waals surface area contributed by atoms with Gasteiger partial charge in [0.05, 0.1) is 5.92 Å². The van der Waals surface area contributed by atoms with Crippen LogP contribution in [0.25, 0.3) is 0 Å². The number of aromatic nitrogens is 1. The van der Waals surface area contributed by atoms with E-state index in [0.717, 1.165) is 29.5 Å². The first kappa shape index (κ1) is 24.2. The highest BCUT2D eigenvalue weighted by Crippen LogP contribution is 2.28. The maximum absolute atomic E-state index is 13.4. The third-order valence-corrected chi connectivity index (χ3v) is 6.72. The molecule has 0 saturated carbocycles. The molecule has 5 nitrogen and oxygen atoms in total. The topological polar surface area (TPSA) is 62.3 Å². The maximum Gasteiger partial charge on any atom is 0.232 e. The van der Waals surface area contributed by atoms with Gasteiger partial charge < -0.3 is 10.2 Å². The average Bonchev–Trinajstić information content (AvgIpc) is 2.86. The standard InChI is InChI=1S/C27H27Cl2N3O2/c28-22-8-4-20(5-9-22)26(21-6-10-23(29)11-7-21)27(34)31-24-13-16-32(17-14-24)25(33)12-3-19-2-1-15-30-18-19/h1-2,4-11,15,18,24,26H,3,12-14,16-17H2,(H,31,34). The molecule has 1 fully saturated rings. The van der Waals surface area contributed by atoms with Crippen molar-refractivity contribution in [2.45, 2.75) is 37.6 Å². The number of amides is 2. The van der Waals surface area contributed by atoms with E-state index in [4.69, 9.17) is 23.2 Å².